The molecule has 0 spiro atoms. The number of carbonyl (C=O) groups is 1. The SMILES string of the molecule is CCN(/C=C\C=O)CC. The number of allylic oxidation sites excluding steroid dienone is 1. The summed E-state index contributed by atoms with van der Waals surface area (Å²) in [6.45, 7) is 6.03. The van der Waals surface area contributed by atoms with Gasteiger partial charge in [0.05, 0.1) is 0 Å². The predicted molar refractivity (Wildman–Crippen MR) is 38.1 cm³/mol. The third-order valence-corrected chi connectivity index (χ3v) is 1.19. The molecular weight excluding hydrogens is 114 g/mol. The van der Waals surface area contributed by atoms with Crippen LogP contribution in [0.4, 0.5) is 0 Å². The normalized spacial score (nSPS) is 10.0. The molecule has 0 atom stereocenters. The summed E-state index contributed by atoms with van der Waals surface area (Å²) >= 11 is 0. The number of rotatable bonds is 4. The van der Waals surface area contributed by atoms with Crippen molar-refractivity contribution in [3.63, 3.8) is 0 Å². The Labute approximate surface area is 56.2 Å². The van der Waals surface area contributed by atoms with E-state index < -0.39 is 0 Å². The molecule has 0 N–H and O–H groups in total. The van der Waals surface area contributed by atoms with Crippen LogP contribution in [0.1, 0.15) is 13.8 Å². The maximum absolute atomic E-state index is 9.83. The van der Waals surface area contributed by atoms with E-state index in [1.54, 1.807) is 6.20 Å². The highest BCUT2D eigenvalue weighted by Gasteiger charge is 1.86. The molecule has 0 aromatic rings. The topological polar surface area (TPSA) is 20.3 Å². The Morgan fingerprint density at radius 1 is 1.33 bits per heavy atom. The van der Waals surface area contributed by atoms with E-state index in [1.165, 1.54) is 6.08 Å². The average Bonchev–Trinajstić information content (AvgIpc) is 1.91. The highest BCUT2D eigenvalue weighted by atomic mass is 16.1. The summed E-state index contributed by atoms with van der Waals surface area (Å²) in [6.07, 6.45) is 4.10. The van der Waals surface area contributed by atoms with Gasteiger partial charge < -0.3 is 4.90 Å². The van der Waals surface area contributed by atoms with E-state index >= 15 is 0 Å². The van der Waals surface area contributed by atoms with E-state index in [1.807, 2.05) is 0 Å². The second kappa shape index (κ2) is 5.35. The van der Waals surface area contributed by atoms with Gasteiger partial charge in [-0.3, -0.25) is 4.79 Å². The van der Waals surface area contributed by atoms with Gasteiger partial charge in [0.25, 0.3) is 0 Å². The Morgan fingerprint density at radius 2 is 1.89 bits per heavy atom. The van der Waals surface area contributed by atoms with E-state index in [0.717, 1.165) is 19.4 Å². The van der Waals surface area contributed by atoms with Gasteiger partial charge in [-0.05, 0) is 19.9 Å². The van der Waals surface area contributed by atoms with Crippen molar-refractivity contribution in [3.8, 4) is 0 Å². The molecule has 9 heavy (non-hydrogen) atoms. The van der Waals surface area contributed by atoms with Gasteiger partial charge in [0.15, 0.2) is 0 Å². The fourth-order valence-corrected chi connectivity index (χ4v) is 0.591. The standard InChI is InChI=1S/C7H13NO/c1-3-8(4-2)6-5-7-9/h5-7H,3-4H2,1-2H3/b6-5-. The van der Waals surface area contributed by atoms with E-state index in [2.05, 4.69) is 18.7 Å². The molecule has 0 aromatic carbocycles. The van der Waals surface area contributed by atoms with E-state index in [-0.39, 0.29) is 0 Å². The van der Waals surface area contributed by atoms with Gasteiger partial charge in [-0.15, -0.1) is 0 Å². The van der Waals surface area contributed by atoms with Gasteiger partial charge in [0.1, 0.15) is 6.29 Å². The van der Waals surface area contributed by atoms with E-state index in [9.17, 15) is 4.79 Å². The zero-order valence-electron chi connectivity index (χ0n) is 6.00. The van der Waals surface area contributed by atoms with Gasteiger partial charge in [-0.2, -0.15) is 0 Å². The summed E-state index contributed by atoms with van der Waals surface area (Å²) in [5, 5.41) is 0. The molecule has 0 heterocycles. The monoisotopic (exact) mass is 127 g/mol. The molecule has 0 radical (unpaired) electrons. The number of nitrogens with zero attached hydrogens (tertiary/aromatic N) is 1. The van der Waals surface area contributed by atoms with Crippen molar-refractivity contribution in [2.45, 2.75) is 13.8 Å². The van der Waals surface area contributed by atoms with Crippen LogP contribution < -0.4 is 0 Å². The van der Waals surface area contributed by atoms with Crippen molar-refractivity contribution >= 4 is 6.29 Å². The molecule has 0 rings (SSSR count). The lowest BCUT2D eigenvalue weighted by atomic mass is 10.5. The van der Waals surface area contributed by atoms with E-state index in [4.69, 9.17) is 0 Å². The predicted octanol–water partition coefficient (Wildman–Crippen LogP) is 1.04. The molecule has 0 amide bonds. The van der Waals surface area contributed by atoms with Crippen molar-refractivity contribution < 1.29 is 4.79 Å². The van der Waals surface area contributed by atoms with Crippen LogP contribution in [0.2, 0.25) is 0 Å². The van der Waals surface area contributed by atoms with Crippen LogP contribution in [0, 0.1) is 0 Å². The maximum Gasteiger partial charge on any atom is 0.144 e. The summed E-state index contributed by atoms with van der Waals surface area (Å²) in [7, 11) is 0. The molecule has 0 aliphatic rings. The summed E-state index contributed by atoms with van der Waals surface area (Å²) < 4.78 is 0. The zero-order valence-corrected chi connectivity index (χ0v) is 6.00. The van der Waals surface area contributed by atoms with Crippen LogP contribution in [0.3, 0.4) is 0 Å². The molecule has 0 aliphatic carbocycles. The Kier molecular flexibility index (Phi) is 4.88. The van der Waals surface area contributed by atoms with Crippen LogP contribution in [0.5, 0.6) is 0 Å². The Bertz CT molecular complexity index is 95.1. The number of hydrogen-bond acceptors (Lipinski definition) is 2. The third kappa shape index (κ3) is 3.76. The largest absolute Gasteiger partial charge is 0.378 e. The lowest BCUT2D eigenvalue weighted by Gasteiger charge is -2.13. The molecule has 0 fully saturated rings. The fourth-order valence-electron chi connectivity index (χ4n) is 0.591. The Balaban J connectivity index is 3.53. The van der Waals surface area contributed by atoms with Gasteiger partial charge in [0.2, 0.25) is 0 Å². The first kappa shape index (κ1) is 8.21. The first-order valence-corrected chi connectivity index (χ1v) is 3.21. The molecule has 0 saturated carbocycles. The fraction of sp³-hybridized carbons (Fsp3) is 0.571. The second-order valence-corrected chi connectivity index (χ2v) is 1.70. The third-order valence-electron chi connectivity index (χ3n) is 1.19. The smallest absolute Gasteiger partial charge is 0.144 e. The summed E-state index contributed by atoms with van der Waals surface area (Å²) in [5.41, 5.74) is 0. The molecule has 2 nitrogen and oxygen atoms in total. The zero-order chi connectivity index (χ0) is 7.11. The molecular formula is C7H13NO. The minimum absolute atomic E-state index is 0.790. The van der Waals surface area contributed by atoms with Crippen molar-refractivity contribution in [3.05, 3.63) is 12.3 Å². The number of aldehydes is 1. The van der Waals surface area contributed by atoms with Crippen LogP contribution >= 0.6 is 0 Å². The molecule has 0 aromatic heterocycles. The van der Waals surface area contributed by atoms with Crippen molar-refractivity contribution in [1.82, 2.24) is 4.90 Å². The Morgan fingerprint density at radius 3 is 2.22 bits per heavy atom. The average molecular weight is 127 g/mol. The highest BCUT2D eigenvalue weighted by Crippen LogP contribution is 1.85. The molecule has 0 bridgehead atoms. The quantitative estimate of drug-likeness (QED) is 0.415. The van der Waals surface area contributed by atoms with Crippen LogP contribution in [0.25, 0.3) is 0 Å². The van der Waals surface area contributed by atoms with Crippen LogP contribution in [-0.4, -0.2) is 24.3 Å². The number of hydrogen-bond donors (Lipinski definition) is 0. The van der Waals surface area contributed by atoms with E-state index in [0.29, 0.717) is 0 Å². The minimum Gasteiger partial charge on any atom is -0.378 e. The molecule has 0 saturated heterocycles. The van der Waals surface area contributed by atoms with Gasteiger partial charge >= 0.3 is 0 Å². The molecule has 52 valence electrons. The summed E-state index contributed by atoms with van der Waals surface area (Å²) in [6, 6.07) is 0. The number of carbonyl (C=O) groups excluding carboxylic acids is 1. The van der Waals surface area contributed by atoms with Crippen LogP contribution in [0.15, 0.2) is 12.3 Å². The highest BCUT2D eigenvalue weighted by molar-refractivity contribution is 5.64. The Hall–Kier alpha value is -0.790. The van der Waals surface area contributed by atoms with Gasteiger partial charge in [0, 0.05) is 19.3 Å². The molecule has 2 heteroatoms. The minimum atomic E-state index is 0.790. The van der Waals surface area contributed by atoms with Crippen molar-refractivity contribution in [1.29, 1.82) is 0 Å². The van der Waals surface area contributed by atoms with Crippen molar-refractivity contribution in [2.75, 3.05) is 13.1 Å². The van der Waals surface area contributed by atoms with Gasteiger partial charge in [-0.25, -0.2) is 0 Å². The molecule has 0 aliphatic heterocycles. The maximum atomic E-state index is 9.83. The van der Waals surface area contributed by atoms with Crippen molar-refractivity contribution in [2.24, 2.45) is 0 Å². The second-order valence-electron chi connectivity index (χ2n) is 1.70. The summed E-state index contributed by atoms with van der Waals surface area (Å²) in [5.74, 6) is 0. The van der Waals surface area contributed by atoms with Gasteiger partial charge in [-0.1, -0.05) is 0 Å². The lowest BCUT2D eigenvalue weighted by Crippen LogP contribution is -2.14. The first-order chi connectivity index (χ1) is 4.35. The first-order valence-electron chi connectivity index (χ1n) is 3.21. The molecule has 0 unspecified atom stereocenters. The van der Waals surface area contributed by atoms with Crippen LogP contribution in [-0.2, 0) is 4.79 Å². The summed E-state index contributed by atoms with van der Waals surface area (Å²) in [4.78, 5) is 11.9. The lowest BCUT2D eigenvalue weighted by molar-refractivity contribution is -0.104.